The minimum atomic E-state index is -0.344. The topological polar surface area (TPSA) is 67.5 Å². The van der Waals surface area contributed by atoms with Crippen molar-refractivity contribution in [1.29, 1.82) is 0 Å². The van der Waals surface area contributed by atoms with E-state index in [2.05, 4.69) is 10.3 Å². The molecule has 1 aliphatic rings. The maximum Gasteiger partial charge on any atom is 0.237 e. The molecule has 0 saturated heterocycles. The first-order chi connectivity index (χ1) is 10.1. The summed E-state index contributed by atoms with van der Waals surface area (Å²) < 4.78 is 0. The summed E-state index contributed by atoms with van der Waals surface area (Å²) in [5.41, 5.74) is 11.3. The SMILES string of the molecule is Cc1ccc(N=CC2C(=O)Nc3cccc(C)c32)cc1N. The van der Waals surface area contributed by atoms with Gasteiger partial charge in [0.25, 0.3) is 0 Å². The molecular weight excluding hydrogens is 262 g/mol. The number of nitrogen functional groups attached to an aromatic ring is 1. The molecule has 3 N–H and O–H groups in total. The molecule has 21 heavy (non-hydrogen) atoms. The van der Waals surface area contributed by atoms with Gasteiger partial charge in [0.15, 0.2) is 0 Å². The van der Waals surface area contributed by atoms with Crippen LogP contribution in [0, 0.1) is 13.8 Å². The van der Waals surface area contributed by atoms with Gasteiger partial charge in [-0.2, -0.15) is 0 Å². The molecule has 1 atom stereocenters. The highest BCUT2D eigenvalue weighted by Crippen LogP contribution is 2.34. The number of fused-ring (bicyclic) bond motifs is 1. The number of benzene rings is 2. The fraction of sp³-hybridized carbons (Fsp3) is 0.176. The van der Waals surface area contributed by atoms with E-state index in [-0.39, 0.29) is 11.8 Å². The summed E-state index contributed by atoms with van der Waals surface area (Å²) in [6, 6.07) is 11.5. The van der Waals surface area contributed by atoms with Gasteiger partial charge in [-0.25, -0.2) is 0 Å². The lowest BCUT2D eigenvalue weighted by atomic mass is 9.97. The molecule has 1 unspecified atom stereocenters. The van der Waals surface area contributed by atoms with Crippen molar-refractivity contribution < 1.29 is 4.79 Å². The summed E-state index contributed by atoms with van der Waals surface area (Å²) in [7, 11) is 0. The molecule has 0 radical (unpaired) electrons. The van der Waals surface area contributed by atoms with E-state index in [9.17, 15) is 4.79 Å². The third kappa shape index (κ3) is 2.40. The molecule has 0 saturated carbocycles. The molecule has 0 spiro atoms. The second-order valence-electron chi connectivity index (χ2n) is 5.32. The van der Waals surface area contributed by atoms with Crippen LogP contribution in [0.4, 0.5) is 17.1 Å². The number of amides is 1. The molecule has 1 heterocycles. The number of carbonyl (C=O) groups excluding carboxylic acids is 1. The molecule has 1 amide bonds. The standard InChI is InChI=1S/C17H17N3O/c1-10-6-7-12(8-14(10)18)19-9-13-16-11(2)4-3-5-15(16)20-17(13)21/h3-9,13H,18H2,1-2H3,(H,20,21). The van der Waals surface area contributed by atoms with E-state index in [0.717, 1.165) is 28.1 Å². The van der Waals surface area contributed by atoms with Crippen LogP contribution in [-0.2, 0) is 4.79 Å². The first kappa shape index (κ1) is 13.4. The Kier molecular flexibility index (Phi) is 3.22. The van der Waals surface area contributed by atoms with Crippen LogP contribution in [0.2, 0.25) is 0 Å². The summed E-state index contributed by atoms with van der Waals surface area (Å²) in [5, 5.41) is 2.89. The zero-order valence-corrected chi connectivity index (χ0v) is 12.1. The zero-order valence-electron chi connectivity index (χ0n) is 12.1. The second kappa shape index (κ2) is 5.05. The van der Waals surface area contributed by atoms with Crippen molar-refractivity contribution in [3.05, 3.63) is 53.1 Å². The van der Waals surface area contributed by atoms with Crippen molar-refractivity contribution in [3.63, 3.8) is 0 Å². The molecule has 4 heteroatoms. The molecule has 2 aromatic carbocycles. The summed E-state index contributed by atoms with van der Waals surface area (Å²) in [5.74, 6) is -0.383. The molecule has 0 aromatic heterocycles. The van der Waals surface area contributed by atoms with Crippen LogP contribution in [-0.4, -0.2) is 12.1 Å². The molecular formula is C17H17N3O. The minimum absolute atomic E-state index is 0.0388. The van der Waals surface area contributed by atoms with Crippen LogP contribution >= 0.6 is 0 Å². The Morgan fingerprint density at radius 2 is 2.00 bits per heavy atom. The van der Waals surface area contributed by atoms with E-state index >= 15 is 0 Å². The predicted molar refractivity (Wildman–Crippen MR) is 86.3 cm³/mol. The van der Waals surface area contributed by atoms with Crippen LogP contribution in [0.15, 0.2) is 41.4 Å². The molecule has 1 aliphatic heterocycles. The van der Waals surface area contributed by atoms with E-state index < -0.39 is 0 Å². The Hall–Kier alpha value is -2.62. The fourth-order valence-electron chi connectivity index (χ4n) is 2.56. The lowest BCUT2D eigenvalue weighted by Gasteiger charge is -2.06. The quantitative estimate of drug-likeness (QED) is 0.654. The fourth-order valence-corrected chi connectivity index (χ4v) is 2.56. The number of anilines is 2. The third-order valence-corrected chi connectivity index (χ3v) is 3.81. The van der Waals surface area contributed by atoms with E-state index in [1.165, 1.54) is 0 Å². The smallest absolute Gasteiger partial charge is 0.237 e. The van der Waals surface area contributed by atoms with Crippen LogP contribution in [0.25, 0.3) is 0 Å². The monoisotopic (exact) mass is 279 g/mol. The Labute approximate surface area is 123 Å². The molecule has 4 nitrogen and oxygen atoms in total. The third-order valence-electron chi connectivity index (χ3n) is 3.81. The zero-order chi connectivity index (χ0) is 15.0. The average molecular weight is 279 g/mol. The van der Waals surface area contributed by atoms with Gasteiger partial charge >= 0.3 is 0 Å². The van der Waals surface area contributed by atoms with Gasteiger partial charge in [0.2, 0.25) is 5.91 Å². The van der Waals surface area contributed by atoms with Crippen LogP contribution in [0.5, 0.6) is 0 Å². The molecule has 3 rings (SSSR count). The van der Waals surface area contributed by atoms with Crippen molar-refractivity contribution >= 4 is 29.2 Å². The number of aryl methyl sites for hydroxylation is 2. The number of hydrogen-bond acceptors (Lipinski definition) is 3. The Morgan fingerprint density at radius 1 is 1.19 bits per heavy atom. The highest BCUT2D eigenvalue weighted by Gasteiger charge is 2.30. The predicted octanol–water partition coefficient (Wildman–Crippen LogP) is 3.32. The normalized spacial score (nSPS) is 17.0. The number of hydrogen-bond donors (Lipinski definition) is 2. The largest absolute Gasteiger partial charge is 0.398 e. The summed E-state index contributed by atoms with van der Waals surface area (Å²) >= 11 is 0. The highest BCUT2D eigenvalue weighted by molar-refractivity contribution is 6.13. The highest BCUT2D eigenvalue weighted by atomic mass is 16.2. The second-order valence-corrected chi connectivity index (χ2v) is 5.32. The number of nitrogens with two attached hydrogens (primary N) is 1. The number of carbonyl (C=O) groups is 1. The van der Waals surface area contributed by atoms with E-state index in [1.54, 1.807) is 6.21 Å². The van der Waals surface area contributed by atoms with Gasteiger partial charge in [0.05, 0.1) is 5.69 Å². The summed E-state index contributed by atoms with van der Waals surface area (Å²) in [6.07, 6.45) is 1.69. The van der Waals surface area contributed by atoms with E-state index in [0.29, 0.717) is 5.69 Å². The number of rotatable bonds is 2. The number of nitrogens with zero attached hydrogens (tertiary/aromatic N) is 1. The molecule has 2 aromatic rings. The minimum Gasteiger partial charge on any atom is -0.398 e. The van der Waals surface area contributed by atoms with Gasteiger partial charge in [-0.3, -0.25) is 9.79 Å². The molecule has 106 valence electrons. The van der Waals surface area contributed by atoms with Gasteiger partial charge in [0.1, 0.15) is 5.92 Å². The number of aliphatic imine (C=N–C) groups is 1. The van der Waals surface area contributed by atoms with Gasteiger partial charge in [-0.1, -0.05) is 18.2 Å². The van der Waals surface area contributed by atoms with E-state index in [4.69, 9.17) is 5.73 Å². The van der Waals surface area contributed by atoms with Crippen LogP contribution in [0.3, 0.4) is 0 Å². The van der Waals surface area contributed by atoms with Gasteiger partial charge in [0, 0.05) is 17.6 Å². The van der Waals surface area contributed by atoms with Gasteiger partial charge in [-0.15, -0.1) is 0 Å². The molecule has 0 bridgehead atoms. The van der Waals surface area contributed by atoms with Crippen molar-refractivity contribution in [1.82, 2.24) is 0 Å². The first-order valence-electron chi connectivity index (χ1n) is 6.87. The van der Waals surface area contributed by atoms with Crippen LogP contribution < -0.4 is 11.1 Å². The lowest BCUT2D eigenvalue weighted by molar-refractivity contribution is -0.115. The molecule has 0 fully saturated rings. The van der Waals surface area contributed by atoms with Crippen molar-refractivity contribution in [2.75, 3.05) is 11.1 Å². The summed E-state index contributed by atoms with van der Waals surface area (Å²) in [6.45, 7) is 3.96. The first-order valence-corrected chi connectivity index (χ1v) is 6.87. The molecule has 0 aliphatic carbocycles. The lowest BCUT2D eigenvalue weighted by Crippen LogP contribution is -2.13. The Balaban J connectivity index is 1.93. The Bertz CT molecular complexity index is 750. The number of nitrogens with one attached hydrogen (secondary N) is 1. The Morgan fingerprint density at radius 3 is 2.76 bits per heavy atom. The maximum atomic E-state index is 12.1. The van der Waals surface area contributed by atoms with Crippen molar-refractivity contribution in [3.8, 4) is 0 Å². The average Bonchev–Trinajstić information content (AvgIpc) is 2.77. The summed E-state index contributed by atoms with van der Waals surface area (Å²) in [4.78, 5) is 16.5. The maximum absolute atomic E-state index is 12.1. The van der Waals surface area contributed by atoms with Gasteiger partial charge < -0.3 is 11.1 Å². The van der Waals surface area contributed by atoms with Gasteiger partial charge in [-0.05, 0) is 48.7 Å². The van der Waals surface area contributed by atoms with E-state index in [1.807, 2.05) is 50.2 Å². The van der Waals surface area contributed by atoms with Crippen LogP contribution in [0.1, 0.15) is 22.6 Å². The van der Waals surface area contributed by atoms with Crippen molar-refractivity contribution in [2.24, 2.45) is 4.99 Å². The van der Waals surface area contributed by atoms with Crippen molar-refractivity contribution in [2.45, 2.75) is 19.8 Å².